The number of rotatable bonds is 3. The average Bonchev–Trinajstić information content (AvgIpc) is 2.45. The molecule has 1 amide bonds. The van der Waals surface area contributed by atoms with Crippen molar-refractivity contribution < 1.29 is 9.53 Å². The van der Waals surface area contributed by atoms with Crippen LogP contribution in [-0.2, 0) is 4.74 Å². The molecule has 1 saturated heterocycles. The molecule has 1 aliphatic heterocycles. The van der Waals surface area contributed by atoms with E-state index in [0.717, 1.165) is 31.6 Å². The number of hydrogen-bond acceptors (Lipinski definition) is 4. The van der Waals surface area contributed by atoms with E-state index in [1.165, 1.54) is 0 Å². The Hall–Kier alpha value is -1.78. The van der Waals surface area contributed by atoms with E-state index in [4.69, 9.17) is 4.74 Å². The van der Waals surface area contributed by atoms with Crippen molar-refractivity contribution in [2.24, 2.45) is 0 Å². The van der Waals surface area contributed by atoms with Gasteiger partial charge in [-0.2, -0.15) is 0 Å². The second-order valence-corrected chi connectivity index (χ2v) is 6.42. The second-order valence-electron chi connectivity index (χ2n) is 6.42. The summed E-state index contributed by atoms with van der Waals surface area (Å²) in [5.74, 6) is 0.840. The van der Waals surface area contributed by atoms with Gasteiger partial charge < -0.3 is 15.0 Å². The van der Waals surface area contributed by atoms with Crippen molar-refractivity contribution in [2.75, 3.05) is 18.4 Å². The molecule has 5 heteroatoms. The molecule has 0 aliphatic carbocycles. The van der Waals surface area contributed by atoms with Gasteiger partial charge in [0.1, 0.15) is 11.4 Å². The van der Waals surface area contributed by atoms with Gasteiger partial charge in [0, 0.05) is 19.3 Å². The molecule has 1 aromatic rings. The Balaban J connectivity index is 1.94. The van der Waals surface area contributed by atoms with E-state index in [1.807, 2.05) is 43.9 Å². The monoisotopic (exact) mass is 291 g/mol. The standard InChI is InChI=1S/C16H25N3O2/c1-16(2,3)21-15(20)19-11-7-5-8-13(19)12-18-14-9-4-6-10-17-14/h4,6,9-10,13H,5,7-8,11-12H2,1-3H3,(H,17,18)/t13-/m0/s1. The smallest absolute Gasteiger partial charge is 0.410 e. The van der Waals surface area contributed by atoms with Gasteiger partial charge in [-0.25, -0.2) is 9.78 Å². The average molecular weight is 291 g/mol. The quantitative estimate of drug-likeness (QED) is 0.928. The number of likely N-dealkylation sites (tertiary alicyclic amines) is 1. The molecular weight excluding hydrogens is 266 g/mol. The van der Waals surface area contributed by atoms with Crippen LogP contribution in [0.5, 0.6) is 0 Å². The maximum Gasteiger partial charge on any atom is 0.410 e. The molecule has 116 valence electrons. The first-order valence-corrected chi connectivity index (χ1v) is 7.60. The van der Waals surface area contributed by atoms with Crippen molar-refractivity contribution in [2.45, 2.75) is 51.7 Å². The van der Waals surface area contributed by atoms with Gasteiger partial charge in [0.2, 0.25) is 0 Å². The first-order valence-electron chi connectivity index (χ1n) is 7.60. The van der Waals surface area contributed by atoms with Crippen LogP contribution in [0.25, 0.3) is 0 Å². The van der Waals surface area contributed by atoms with E-state index < -0.39 is 5.60 Å². The van der Waals surface area contributed by atoms with Crippen LogP contribution in [0, 0.1) is 0 Å². The summed E-state index contributed by atoms with van der Waals surface area (Å²) in [7, 11) is 0. The van der Waals surface area contributed by atoms with Gasteiger partial charge in [-0.05, 0) is 52.2 Å². The first kappa shape index (κ1) is 15.6. The first-order chi connectivity index (χ1) is 9.96. The fraction of sp³-hybridized carbons (Fsp3) is 0.625. The Kier molecular flexibility index (Phi) is 5.04. The van der Waals surface area contributed by atoms with Crippen LogP contribution >= 0.6 is 0 Å². The molecule has 1 N–H and O–H groups in total. The summed E-state index contributed by atoms with van der Waals surface area (Å²) in [5, 5.41) is 3.30. The van der Waals surface area contributed by atoms with Crippen molar-refractivity contribution in [3.63, 3.8) is 0 Å². The lowest BCUT2D eigenvalue weighted by Gasteiger charge is -2.36. The van der Waals surface area contributed by atoms with E-state index in [0.29, 0.717) is 6.54 Å². The fourth-order valence-electron chi connectivity index (χ4n) is 2.46. The highest BCUT2D eigenvalue weighted by molar-refractivity contribution is 5.68. The van der Waals surface area contributed by atoms with Crippen LogP contribution in [0.15, 0.2) is 24.4 Å². The van der Waals surface area contributed by atoms with Crippen LogP contribution < -0.4 is 5.32 Å². The molecule has 0 bridgehead atoms. The van der Waals surface area contributed by atoms with Gasteiger partial charge in [-0.3, -0.25) is 0 Å². The third-order valence-electron chi connectivity index (χ3n) is 3.44. The molecule has 2 heterocycles. The van der Waals surface area contributed by atoms with Crippen molar-refractivity contribution in [1.29, 1.82) is 0 Å². The third kappa shape index (κ3) is 4.92. The van der Waals surface area contributed by atoms with E-state index in [-0.39, 0.29) is 12.1 Å². The number of piperidine rings is 1. The highest BCUT2D eigenvalue weighted by atomic mass is 16.6. The van der Waals surface area contributed by atoms with Gasteiger partial charge in [0.05, 0.1) is 6.04 Å². The number of carbonyl (C=O) groups excluding carboxylic acids is 1. The van der Waals surface area contributed by atoms with Crippen LogP contribution in [0.3, 0.4) is 0 Å². The number of aromatic nitrogens is 1. The molecule has 0 saturated carbocycles. The summed E-state index contributed by atoms with van der Waals surface area (Å²) < 4.78 is 5.50. The zero-order chi connectivity index (χ0) is 15.3. The fourth-order valence-corrected chi connectivity index (χ4v) is 2.46. The molecule has 0 radical (unpaired) electrons. The SMILES string of the molecule is CC(C)(C)OC(=O)N1CCCC[C@H]1CNc1ccccn1. The van der Waals surface area contributed by atoms with Gasteiger partial charge in [-0.1, -0.05) is 6.07 Å². The number of pyridine rings is 1. The Morgan fingerprint density at radius 1 is 1.43 bits per heavy atom. The summed E-state index contributed by atoms with van der Waals surface area (Å²) in [6.07, 6.45) is 4.73. The molecule has 5 nitrogen and oxygen atoms in total. The summed E-state index contributed by atoms with van der Waals surface area (Å²) in [6.45, 7) is 7.17. The van der Waals surface area contributed by atoms with Crippen molar-refractivity contribution in [1.82, 2.24) is 9.88 Å². The molecule has 1 aliphatic rings. The zero-order valence-corrected chi connectivity index (χ0v) is 13.1. The Labute approximate surface area is 126 Å². The van der Waals surface area contributed by atoms with E-state index in [2.05, 4.69) is 10.3 Å². The maximum absolute atomic E-state index is 12.3. The van der Waals surface area contributed by atoms with Gasteiger partial charge in [0.25, 0.3) is 0 Å². The summed E-state index contributed by atoms with van der Waals surface area (Å²) in [4.78, 5) is 18.4. The Morgan fingerprint density at radius 2 is 2.24 bits per heavy atom. The van der Waals surface area contributed by atoms with E-state index >= 15 is 0 Å². The normalized spacial score (nSPS) is 19.2. The maximum atomic E-state index is 12.3. The van der Waals surface area contributed by atoms with Crippen molar-refractivity contribution in [3.05, 3.63) is 24.4 Å². The Bertz CT molecular complexity index is 456. The topological polar surface area (TPSA) is 54.5 Å². The number of carbonyl (C=O) groups is 1. The van der Waals surface area contributed by atoms with Crippen molar-refractivity contribution in [3.8, 4) is 0 Å². The number of nitrogens with one attached hydrogen (secondary N) is 1. The summed E-state index contributed by atoms with van der Waals surface area (Å²) in [5.41, 5.74) is -0.451. The molecular formula is C16H25N3O2. The molecule has 0 spiro atoms. The molecule has 1 atom stereocenters. The van der Waals surface area contributed by atoms with Gasteiger partial charge >= 0.3 is 6.09 Å². The molecule has 21 heavy (non-hydrogen) atoms. The predicted molar refractivity (Wildman–Crippen MR) is 83.3 cm³/mol. The minimum Gasteiger partial charge on any atom is -0.444 e. The lowest BCUT2D eigenvalue weighted by atomic mass is 10.0. The number of amides is 1. The minimum absolute atomic E-state index is 0.163. The van der Waals surface area contributed by atoms with Crippen LogP contribution in [-0.4, -0.2) is 40.7 Å². The lowest BCUT2D eigenvalue weighted by molar-refractivity contribution is 0.0114. The van der Waals surface area contributed by atoms with Gasteiger partial charge in [0.15, 0.2) is 0 Å². The molecule has 1 fully saturated rings. The number of hydrogen-bond donors (Lipinski definition) is 1. The van der Waals surface area contributed by atoms with Crippen molar-refractivity contribution >= 4 is 11.9 Å². The van der Waals surface area contributed by atoms with Crippen LogP contribution in [0.4, 0.5) is 10.6 Å². The molecule has 0 unspecified atom stereocenters. The lowest BCUT2D eigenvalue weighted by Crippen LogP contribution is -2.48. The molecule has 2 rings (SSSR count). The molecule has 1 aromatic heterocycles. The highest BCUT2D eigenvalue weighted by Gasteiger charge is 2.30. The van der Waals surface area contributed by atoms with Crippen LogP contribution in [0.1, 0.15) is 40.0 Å². The van der Waals surface area contributed by atoms with Crippen LogP contribution in [0.2, 0.25) is 0 Å². The molecule has 0 aromatic carbocycles. The Morgan fingerprint density at radius 3 is 2.90 bits per heavy atom. The largest absolute Gasteiger partial charge is 0.444 e. The number of anilines is 1. The third-order valence-corrected chi connectivity index (χ3v) is 3.44. The number of ether oxygens (including phenoxy) is 1. The summed E-state index contributed by atoms with van der Waals surface area (Å²) in [6, 6.07) is 5.93. The van der Waals surface area contributed by atoms with E-state index in [1.54, 1.807) is 6.20 Å². The van der Waals surface area contributed by atoms with Gasteiger partial charge in [-0.15, -0.1) is 0 Å². The minimum atomic E-state index is -0.451. The number of nitrogens with zero attached hydrogens (tertiary/aromatic N) is 2. The second kappa shape index (κ2) is 6.78. The summed E-state index contributed by atoms with van der Waals surface area (Å²) >= 11 is 0. The highest BCUT2D eigenvalue weighted by Crippen LogP contribution is 2.20. The van der Waals surface area contributed by atoms with E-state index in [9.17, 15) is 4.79 Å². The predicted octanol–water partition coefficient (Wildman–Crippen LogP) is 3.28. The zero-order valence-electron chi connectivity index (χ0n) is 13.1.